The Labute approximate surface area is 94.5 Å². The molecule has 2 rings (SSSR count). The number of imidazole rings is 1. The van der Waals surface area contributed by atoms with Crippen molar-refractivity contribution in [3.05, 3.63) is 47.5 Å². The highest BCUT2D eigenvalue weighted by molar-refractivity contribution is 6.32. The van der Waals surface area contributed by atoms with E-state index in [2.05, 4.69) is 18.8 Å². The van der Waals surface area contributed by atoms with Gasteiger partial charge in [0.25, 0.3) is 0 Å². The van der Waals surface area contributed by atoms with E-state index in [1.54, 1.807) is 6.33 Å². The van der Waals surface area contributed by atoms with Gasteiger partial charge in [-0.05, 0) is 18.1 Å². The van der Waals surface area contributed by atoms with E-state index in [1.807, 2.05) is 35.0 Å². The van der Waals surface area contributed by atoms with E-state index >= 15 is 0 Å². The Bertz CT molecular complexity index is 460. The number of aromatic nitrogens is 2. The van der Waals surface area contributed by atoms with Gasteiger partial charge in [0, 0.05) is 6.20 Å². The summed E-state index contributed by atoms with van der Waals surface area (Å²) in [6, 6.07) is 7.75. The van der Waals surface area contributed by atoms with Gasteiger partial charge in [0.1, 0.15) is 0 Å². The zero-order chi connectivity index (χ0) is 10.8. The molecule has 0 atom stereocenters. The normalized spacial score (nSPS) is 10.9. The summed E-state index contributed by atoms with van der Waals surface area (Å²) in [7, 11) is 0. The van der Waals surface area contributed by atoms with Crippen LogP contribution in [0.3, 0.4) is 0 Å². The van der Waals surface area contributed by atoms with E-state index in [1.165, 1.54) is 0 Å². The molecular weight excluding hydrogens is 208 g/mol. The summed E-state index contributed by atoms with van der Waals surface area (Å²) in [4.78, 5) is 4.34. The quantitative estimate of drug-likeness (QED) is 0.756. The molecule has 0 unspecified atom stereocenters. The van der Waals surface area contributed by atoms with Gasteiger partial charge in [0.2, 0.25) is 0 Å². The highest BCUT2D eigenvalue weighted by Crippen LogP contribution is 2.21. The van der Waals surface area contributed by atoms with Crippen LogP contribution < -0.4 is 0 Å². The number of para-hydroxylation sites is 1. The van der Waals surface area contributed by atoms with Crippen LogP contribution in [0.2, 0.25) is 5.02 Å². The second-order valence-electron chi connectivity index (χ2n) is 3.81. The predicted molar refractivity (Wildman–Crippen MR) is 62.7 cm³/mol. The topological polar surface area (TPSA) is 17.8 Å². The van der Waals surface area contributed by atoms with Crippen LogP contribution in [0.1, 0.15) is 25.5 Å². The summed E-state index contributed by atoms with van der Waals surface area (Å²) >= 11 is 6.10. The highest BCUT2D eigenvalue weighted by Gasteiger charge is 2.06. The van der Waals surface area contributed by atoms with Crippen molar-refractivity contribution in [3.8, 4) is 5.69 Å². The van der Waals surface area contributed by atoms with Crippen LogP contribution in [-0.2, 0) is 0 Å². The van der Waals surface area contributed by atoms with Crippen molar-refractivity contribution in [3.63, 3.8) is 0 Å². The van der Waals surface area contributed by atoms with E-state index in [-0.39, 0.29) is 0 Å². The van der Waals surface area contributed by atoms with Gasteiger partial charge in [-0.3, -0.25) is 0 Å². The zero-order valence-electron chi connectivity index (χ0n) is 8.81. The van der Waals surface area contributed by atoms with Gasteiger partial charge in [-0.1, -0.05) is 37.6 Å². The maximum Gasteiger partial charge on any atom is 0.0995 e. The molecule has 78 valence electrons. The van der Waals surface area contributed by atoms with Gasteiger partial charge in [0.05, 0.1) is 22.7 Å². The zero-order valence-corrected chi connectivity index (χ0v) is 9.57. The molecule has 0 N–H and O–H groups in total. The molecule has 15 heavy (non-hydrogen) atoms. The summed E-state index contributed by atoms with van der Waals surface area (Å²) < 4.78 is 1.96. The van der Waals surface area contributed by atoms with Crippen molar-refractivity contribution in [2.24, 2.45) is 0 Å². The lowest BCUT2D eigenvalue weighted by Gasteiger charge is -2.03. The molecule has 3 heteroatoms. The molecule has 0 aliphatic carbocycles. The monoisotopic (exact) mass is 220 g/mol. The first-order chi connectivity index (χ1) is 7.18. The lowest BCUT2D eigenvalue weighted by molar-refractivity contribution is 0.831. The molecule has 2 aromatic rings. The van der Waals surface area contributed by atoms with E-state index < -0.39 is 0 Å². The summed E-state index contributed by atoms with van der Waals surface area (Å²) in [6.45, 7) is 4.25. The van der Waals surface area contributed by atoms with Crippen LogP contribution in [0.15, 0.2) is 36.8 Å². The van der Waals surface area contributed by atoms with Crippen LogP contribution in [0.25, 0.3) is 5.69 Å². The molecule has 0 radical (unpaired) electrons. The fraction of sp³-hybridized carbons (Fsp3) is 0.250. The third-order valence-corrected chi connectivity index (χ3v) is 2.64. The first kappa shape index (κ1) is 10.2. The molecule has 0 saturated carbocycles. The average molecular weight is 221 g/mol. The van der Waals surface area contributed by atoms with Gasteiger partial charge < -0.3 is 4.57 Å². The second-order valence-corrected chi connectivity index (χ2v) is 4.22. The maximum atomic E-state index is 6.10. The Morgan fingerprint density at radius 2 is 2.00 bits per heavy atom. The summed E-state index contributed by atoms with van der Waals surface area (Å²) in [5.74, 6) is 0.439. The second kappa shape index (κ2) is 4.07. The minimum Gasteiger partial charge on any atom is -0.305 e. The Morgan fingerprint density at radius 3 is 2.60 bits per heavy atom. The van der Waals surface area contributed by atoms with E-state index in [0.29, 0.717) is 5.92 Å². The molecule has 0 spiro atoms. The van der Waals surface area contributed by atoms with E-state index in [9.17, 15) is 0 Å². The van der Waals surface area contributed by atoms with Crippen LogP contribution in [0, 0.1) is 0 Å². The number of benzene rings is 1. The number of hydrogen-bond acceptors (Lipinski definition) is 1. The number of rotatable bonds is 2. The maximum absolute atomic E-state index is 6.10. The van der Waals surface area contributed by atoms with Crippen LogP contribution in [-0.4, -0.2) is 9.55 Å². The minimum atomic E-state index is 0.439. The van der Waals surface area contributed by atoms with Crippen molar-refractivity contribution in [1.29, 1.82) is 0 Å². The smallest absolute Gasteiger partial charge is 0.0995 e. The Balaban J connectivity index is 2.42. The Hall–Kier alpha value is -1.28. The number of nitrogens with zero attached hydrogens (tertiary/aromatic N) is 2. The highest BCUT2D eigenvalue weighted by atomic mass is 35.5. The van der Waals surface area contributed by atoms with E-state index in [4.69, 9.17) is 11.6 Å². The third-order valence-electron chi connectivity index (χ3n) is 2.32. The van der Waals surface area contributed by atoms with Crippen molar-refractivity contribution < 1.29 is 0 Å². The van der Waals surface area contributed by atoms with Crippen LogP contribution >= 0.6 is 11.6 Å². The van der Waals surface area contributed by atoms with Crippen molar-refractivity contribution in [1.82, 2.24) is 9.55 Å². The molecular formula is C12H13ClN2. The molecule has 1 heterocycles. The molecule has 1 aromatic heterocycles. The van der Waals surface area contributed by atoms with Gasteiger partial charge in [-0.2, -0.15) is 0 Å². The summed E-state index contributed by atoms with van der Waals surface area (Å²) in [5.41, 5.74) is 2.05. The number of halogens is 1. The molecule has 1 aromatic carbocycles. The van der Waals surface area contributed by atoms with Gasteiger partial charge in [0.15, 0.2) is 0 Å². The third kappa shape index (κ3) is 2.05. The van der Waals surface area contributed by atoms with E-state index in [0.717, 1.165) is 16.4 Å². The van der Waals surface area contributed by atoms with Crippen LogP contribution in [0.4, 0.5) is 0 Å². The average Bonchev–Trinajstić information content (AvgIpc) is 2.67. The Morgan fingerprint density at radius 1 is 1.27 bits per heavy atom. The van der Waals surface area contributed by atoms with Gasteiger partial charge in [-0.15, -0.1) is 0 Å². The SMILES string of the molecule is CC(C)c1cn(-c2ccccc2Cl)cn1. The summed E-state index contributed by atoms with van der Waals surface area (Å²) in [5, 5.41) is 0.741. The standard InChI is InChI=1S/C12H13ClN2/c1-9(2)11-7-15(8-14-11)12-6-4-3-5-10(12)13/h3-9H,1-2H3. The summed E-state index contributed by atoms with van der Waals surface area (Å²) in [6.07, 6.45) is 3.82. The first-order valence-electron chi connectivity index (χ1n) is 4.97. The fourth-order valence-corrected chi connectivity index (χ4v) is 1.66. The van der Waals surface area contributed by atoms with Gasteiger partial charge in [-0.25, -0.2) is 4.98 Å². The molecule has 0 aliphatic rings. The fourth-order valence-electron chi connectivity index (χ4n) is 1.43. The molecule has 0 saturated heterocycles. The largest absolute Gasteiger partial charge is 0.305 e. The van der Waals surface area contributed by atoms with Gasteiger partial charge >= 0.3 is 0 Å². The van der Waals surface area contributed by atoms with Crippen molar-refractivity contribution >= 4 is 11.6 Å². The molecule has 0 amide bonds. The first-order valence-corrected chi connectivity index (χ1v) is 5.35. The molecule has 2 nitrogen and oxygen atoms in total. The van der Waals surface area contributed by atoms with Crippen molar-refractivity contribution in [2.75, 3.05) is 0 Å². The lowest BCUT2D eigenvalue weighted by atomic mass is 10.2. The molecule has 0 aliphatic heterocycles. The Kier molecular flexibility index (Phi) is 2.78. The molecule has 0 bridgehead atoms. The minimum absolute atomic E-state index is 0.439. The van der Waals surface area contributed by atoms with Crippen molar-refractivity contribution in [2.45, 2.75) is 19.8 Å². The molecule has 0 fully saturated rings. The number of hydrogen-bond donors (Lipinski definition) is 0. The van der Waals surface area contributed by atoms with Crippen LogP contribution in [0.5, 0.6) is 0 Å². The lowest BCUT2D eigenvalue weighted by Crippen LogP contribution is -1.91. The predicted octanol–water partition coefficient (Wildman–Crippen LogP) is 3.65.